The quantitative estimate of drug-likeness (QED) is 0.812. The van der Waals surface area contributed by atoms with Crippen LogP contribution in [-0.2, 0) is 9.53 Å². The molecule has 102 valence electrons. The second-order valence-corrected chi connectivity index (χ2v) is 4.73. The number of aliphatic hydroxyl groups excluding tert-OH is 1. The van der Waals surface area contributed by atoms with Crippen LogP contribution in [0.1, 0.15) is 25.8 Å². The molecule has 19 heavy (non-hydrogen) atoms. The molecule has 0 atom stereocenters. The molecule has 0 aromatic heterocycles. The third-order valence-electron chi connectivity index (χ3n) is 2.60. The first-order chi connectivity index (χ1) is 8.96. The van der Waals surface area contributed by atoms with Gasteiger partial charge in [-0.15, -0.1) is 0 Å². The second-order valence-electron chi connectivity index (χ2n) is 4.73. The Morgan fingerprint density at radius 3 is 2.84 bits per heavy atom. The summed E-state index contributed by atoms with van der Waals surface area (Å²) in [5.74, 6) is 5.24. The van der Waals surface area contributed by atoms with Gasteiger partial charge < -0.3 is 15.2 Å². The fraction of sp³-hybridized carbons (Fsp3) is 0.400. The summed E-state index contributed by atoms with van der Waals surface area (Å²) in [5.41, 5.74) is 0.942. The van der Waals surface area contributed by atoms with Gasteiger partial charge in [-0.25, -0.2) is 0 Å². The minimum atomic E-state index is -0.488. The van der Waals surface area contributed by atoms with Crippen LogP contribution in [0, 0.1) is 11.8 Å². The molecule has 0 heterocycles. The number of benzene rings is 1. The van der Waals surface area contributed by atoms with Crippen molar-refractivity contribution in [2.45, 2.75) is 25.9 Å². The molecule has 0 saturated heterocycles. The van der Waals surface area contributed by atoms with Gasteiger partial charge in [-0.3, -0.25) is 4.79 Å². The topological polar surface area (TPSA) is 58.6 Å². The molecule has 4 heteroatoms. The second kappa shape index (κ2) is 6.93. The summed E-state index contributed by atoms with van der Waals surface area (Å²) >= 11 is 0. The van der Waals surface area contributed by atoms with Gasteiger partial charge in [0.05, 0.1) is 12.0 Å². The molecule has 4 nitrogen and oxygen atoms in total. The van der Waals surface area contributed by atoms with Crippen LogP contribution in [0.15, 0.2) is 24.3 Å². The number of ether oxygens (including phenoxy) is 1. The summed E-state index contributed by atoms with van der Waals surface area (Å²) in [6.07, 6.45) is 0.274. The number of methoxy groups -OCH3 is 1. The van der Waals surface area contributed by atoms with Crippen LogP contribution in [-0.4, -0.2) is 30.3 Å². The van der Waals surface area contributed by atoms with Crippen molar-refractivity contribution in [3.63, 3.8) is 0 Å². The molecule has 0 radical (unpaired) electrons. The molecule has 0 aliphatic carbocycles. The van der Waals surface area contributed by atoms with Crippen LogP contribution >= 0.6 is 0 Å². The maximum Gasteiger partial charge on any atom is 0.227 e. The highest BCUT2D eigenvalue weighted by Gasteiger charge is 2.20. The van der Waals surface area contributed by atoms with Crippen molar-refractivity contribution in [2.75, 3.05) is 19.0 Å². The maximum atomic E-state index is 11.8. The average molecular weight is 261 g/mol. The van der Waals surface area contributed by atoms with E-state index in [1.54, 1.807) is 25.3 Å². The van der Waals surface area contributed by atoms with Gasteiger partial charge >= 0.3 is 0 Å². The lowest BCUT2D eigenvalue weighted by molar-refractivity contribution is -0.121. The Labute approximate surface area is 113 Å². The van der Waals surface area contributed by atoms with Crippen molar-refractivity contribution in [2.24, 2.45) is 0 Å². The first-order valence-electron chi connectivity index (χ1n) is 6.01. The van der Waals surface area contributed by atoms with Crippen molar-refractivity contribution in [3.8, 4) is 11.8 Å². The van der Waals surface area contributed by atoms with E-state index in [2.05, 4.69) is 17.2 Å². The van der Waals surface area contributed by atoms with Crippen molar-refractivity contribution in [1.82, 2.24) is 0 Å². The predicted molar refractivity (Wildman–Crippen MR) is 74.7 cm³/mol. The van der Waals surface area contributed by atoms with E-state index >= 15 is 0 Å². The summed E-state index contributed by atoms with van der Waals surface area (Å²) in [7, 11) is 1.58. The van der Waals surface area contributed by atoms with Crippen LogP contribution < -0.4 is 5.32 Å². The summed E-state index contributed by atoms with van der Waals surface area (Å²) < 4.78 is 5.21. The smallest absolute Gasteiger partial charge is 0.227 e. The predicted octanol–water partition coefficient (Wildman–Crippen LogP) is 1.78. The van der Waals surface area contributed by atoms with Gasteiger partial charge in [0.1, 0.15) is 6.61 Å². The lowest BCUT2D eigenvalue weighted by atomic mass is 10.0. The molecule has 1 rings (SSSR count). The number of hydrogen-bond acceptors (Lipinski definition) is 3. The average Bonchev–Trinajstić information content (AvgIpc) is 2.36. The van der Waals surface area contributed by atoms with Gasteiger partial charge in [-0.1, -0.05) is 17.9 Å². The van der Waals surface area contributed by atoms with E-state index in [0.29, 0.717) is 5.69 Å². The number of aliphatic hydroxyl groups is 1. The third kappa shape index (κ3) is 5.56. The molecule has 0 aliphatic rings. The van der Waals surface area contributed by atoms with E-state index in [-0.39, 0.29) is 18.9 Å². The minimum absolute atomic E-state index is 0.112. The number of amides is 1. The van der Waals surface area contributed by atoms with E-state index in [0.717, 1.165) is 5.56 Å². The maximum absolute atomic E-state index is 11.8. The molecule has 0 bridgehead atoms. The molecule has 0 unspecified atom stereocenters. The summed E-state index contributed by atoms with van der Waals surface area (Å²) in [6, 6.07) is 7.18. The zero-order valence-electron chi connectivity index (χ0n) is 11.5. The number of carbonyl (C=O) groups excluding carboxylic acids is 1. The SMILES string of the molecule is COC(C)(C)CC(=O)Nc1cccc(C#CCO)c1. The molecule has 0 saturated carbocycles. The lowest BCUT2D eigenvalue weighted by Crippen LogP contribution is -2.29. The van der Waals surface area contributed by atoms with Crippen LogP contribution in [0.3, 0.4) is 0 Å². The standard InChI is InChI=1S/C15H19NO3/c1-15(2,19-3)11-14(18)16-13-8-4-6-12(10-13)7-5-9-17/h4,6,8,10,17H,9,11H2,1-3H3,(H,16,18). The first-order valence-corrected chi connectivity index (χ1v) is 6.01. The van der Waals surface area contributed by atoms with Crippen LogP contribution in [0.4, 0.5) is 5.69 Å². The Bertz CT molecular complexity index is 498. The molecule has 0 spiro atoms. The highest BCUT2D eigenvalue weighted by Crippen LogP contribution is 2.15. The van der Waals surface area contributed by atoms with Gasteiger partial charge in [-0.2, -0.15) is 0 Å². The molecule has 1 amide bonds. The summed E-state index contributed by atoms with van der Waals surface area (Å²) in [6.45, 7) is 3.53. The van der Waals surface area contributed by atoms with Gasteiger partial charge in [0.2, 0.25) is 5.91 Å². The molecule has 0 fully saturated rings. The summed E-state index contributed by atoms with van der Waals surface area (Å²) in [5, 5.41) is 11.4. The Morgan fingerprint density at radius 1 is 1.47 bits per heavy atom. The molecular formula is C15H19NO3. The van der Waals surface area contributed by atoms with E-state index in [9.17, 15) is 4.79 Å². The van der Waals surface area contributed by atoms with E-state index in [4.69, 9.17) is 9.84 Å². The minimum Gasteiger partial charge on any atom is -0.384 e. The number of rotatable bonds is 4. The molecular weight excluding hydrogens is 242 g/mol. The van der Waals surface area contributed by atoms with Crippen LogP contribution in [0.25, 0.3) is 0 Å². The fourth-order valence-corrected chi connectivity index (χ4v) is 1.48. The highest BCUT2D eigenvalue weighted by molar-refractivity contribution is 5.91. The highest BCUT2D eigenvalue weighted by atomic mass is 16.5. The zero-order valence-corrected chi connectivity index (χ0v) is 11.5. The van der Waals surface area contributed by atoms with Crippen molar-refractivity contribution in [3.05, 3.63) is 29.8 Å². The van der Waals surface area contributed by atoms with E-state index in [1.807, 2.05) is 19.9 Å². The van der Waals surface area contributed by atoms with Gasteiger partial charge in [0.25, 0.3) is 0 Å². The molecule has 1 aromatic rings. The lowest BCUT2D eigenvalue weighted by Gasteiger charge is -2.21. The normalized spacial score (nSPS) is 10.5. The molecule has 0 aliphatic heterocycles. The number of hydrogen-bond donors (Lipinski definition) is 2. The van der Waals surface area contributed by atoms with Gasteiger partial charge in [0, 0.05) is 18.4 Å². The monoisotopic (exact) mass is 261 g/mol. The summed E-state index contributed by atoms with van der Waals surface area (Å²) in [4.78, 5) is 11.8. The third-order valence-corrected chi connectivity index (χ3v) is 2.60. The van der Waals surface area contributed by atoms with E-state index in [1.165, 1.54) is 0 Å². The Hall–Kier alpha value is -1.83. The largest absolute Gasteiger partial charge is 0.384 e. The van der Waals surface area contributed by atoms with Gasteiger partial charge in [-0.05, 0) is 32.0 Å². The Morgan fingerprint density at radius 2 is 2.21 bits per heavy atom. The van der Waals surface area contributed by atoms with E-state index < -0.39 is 5.60 Å². The molecule has 1 aromatic carbocycles. The Balaban J connectivity index is 2.69. The number of nitrogens with one attached hydrogen (secondary N) is 1. The van der Waals surface area contributed by atoms with Crippen LogP contribution in [0.5, 0.6) is 0 Å². The first kappa shape index (κ1) is 15.2. The van der Waals surface area contributed by atoms with Crippen molar-refractivity contribution in [1.29, 1.82) is 0 Å². The Kier molecular flexibility index (Phi) is 5.56. The number of carbonyl (C=O) groups is 1. The van der Waals surface area contributed by atoms with Crippen molar-refractivity contribution >= 4 is 11.6 Å². The fourth-order valence-electron chi connectivity index (χ4n) is 1.48. The van der Waals surface area contributed by atoms with Crippen LogP contribution in [0.2, 0.25) is 0 Å². The zero-order chi connectivity index (χ0) is 14.3. The molecule has 2 N–H and O–H groups in total. The number of anilines is 1. The van der Waals surface area contributed by atoms with Crippen molar-refractivity contribution < 1.29 is 14.6 Å². The van der Waals surface area contributed by atoms with Gasteiger partial charge in [0.15, 0.2) is 0 Å².